The summed E-state index contributed by atoms with van der Waals surface area (Å²) in [5, 5.41) is 9.80. The maximum Gasteiger partial charge on any atom is 0.233 e. The largest absolute Gasteiger partial charge is 0.339 e. The number of nitrogens with zero attached hydrogens (tertiary/aromatic N) is 3. The van der Waals surface area contributed by atoms with Crippen LogP contribution in [0.2, 0.25) is 0 Å². The third-order valence-electron chi connectivity index (χ3n) is 4.22. The van der Waals surface area contributed by atoms with Gasteiger partial charge in [0.05, 0.1) is 10.6 Å². The Hall–Kier alpha value is -1.34. The molecule has 1 amide bonds. The molecular weight excluding hydrogens is 328 g/mol. The first-order chi connectivity index (χ1) is 11.3. The highest BCUT2D eigenvalue weighted by Crippen LogP contribution is 2.25. The van der Waals surface area contributed by atoms with Gasteiger partial charge in [-0.05, 0) is 31.2 Å². The van der Waals surface area contributed by atoms with Gasteiger partial charge in [-0.3, -0.25) is 9.89 Å². The Bertz CT molecular complexity index is 620. The number of aromatic nitrogens is 3. The standard InChI is InChI=1S/C16H22N4OS2/c1-2-20(12-7-4-3-5-8-12)14(21)11-23-16-17-15(18-19-16)13-9-6-10-22-13/h6,9-10,12H,2-5,7-8,11H2,1H3,(H,17,18,19). The molecule has 0 saturated heterocycles. The molecule has 0 radical (unpaired) electrons. The number of rotatable bonds is 6. The van der Waals surface area contributed by atoms with Crippen molar-refractivity contribution in [2.75, 3.05) is 12.3 Å². The molecule has 2 aromatic rings. The van der Waals surface area contributed by atoms with E-state index < -0.39 is 0 Å². The monoisotopic (exact) mass is 350 g/mol. The zero-order valence-electron chi connectivity index (χ0n) is 13.3. The van der Waals surface area contributed by atoms with Gasteiger partial charge in [-0.1, -0.05) is 37.1 Å². The maximum atomic E-state index is 12.5. The van der Waals surface area contributed by atoms with Crippen LogP contribution in [0, 0.1) is 0 Å². The Morgan fingerprint density at radius 3 is 2.96 bits per heavy atom. The van der Waals surface area contributed by atoms with Gasteiger partial charge in [-0.2, -0.15) is 0 Å². The van der Waals surface area contributed by atoms with E-state index in [1.807, 2.05) is 22.4 Å². The summed E-state index contributed by atoms with van der Waals surface area (Å²) < 4.78 is 0. The summed E-state index contributed by atoms with van der Waals surface area (Å²) in [5.74, 6) is 1.38. The lowest BCUT2D eigenvalue weighted by molar-refractivity contribution is -0.131. The number of aromatic amines is 1. The van der Waals surface area contributed by atoms with Crippen molar-refractivity contribution in [2.45, 2.75) is 50.2 Å². The molecule has 1 fully saturated rings. The molecule has 0 aliphatic heterocycles. The maximum absolute atomic E-state index is 12.5. The first-order valence-corrected chi connectivity index (χ1v) is 10.0. The average molecular weight is 351 g/mol. The second kappa shape index (κ2) is 7.97. The summed E-state index contributed by atoms with van der Waals surface area (Å²) in [7, 11) is 0. The lowest BCUT2D eigenvalue weighted by Crippen LogP contribution is -2.42. The molecule has 1 aliphatic rings. The van der Waals surface area contributed by atoms with Gasteiger partial charge >= 0.3 is 0 Å². The fourth-order valence-electron chi connectivity index (χ4n) is 3.07. The van der Waals surface area contributed by atoms with E-state index in [4.69, 9.17) is 0 Å². The summed E-state index contributed by atoms with van der Waals surface area (Å²) in [5.41, 5.74) is 0. The van der Waals surface area contributed by atoms with Crippen LogP contribution in [-0.4, -0.2) is 44.3 Å². The first kappa shape index (κ1) is 16.5. The van der Waals surface area contributed by atoms with Gasteiger partial charge in [0.2, 0.25) is 11.1 Å². The van der Waals surface area contributed by atoms with Crippen molar-refractivity contribution in [3.8, 4) is 10.7 Å². The highest BCUT2D eigenvalue weighted by molar-refractivity contribution is 7.99. The molecule has 3 rings (SSSR count). The van der Waals surface area contributed by atoms with Crippen LogP contribution in [0.25, 0.3) is 10.7 Å². The van der Waals surface area contributed by atoms with E-state index in [-0.39, 0.29) is 5.91 Å². The van der Waals surface area contributed by atoms with Crippen LogP contribution >= 0.6 is 23.1 Å². The summed E-state index contributed by atoms with van der Waals surface area (Å²) >= 11 is 3.04. The van der Waals surface area contributed by atoms with Crippen molar-refractivity contribution in [3.05, 3.63) is 17.5 Å². The van der Waals surface area contributed by atoms with Gasteiger partial charge in [0.15, 0.2) is 5.82 Å². The fraction of sp³-hybridized carbons (Fsp3) is 0.562. The quantitative estimate of drug-likeness (QED) is 0.805. The Morgan fingerprint density at radius 1 is 1.43 bits per heavy atom. The van der Waals surface area contributed by atoms with Gasteiger partial charge in [-0.15, -0.1) is 16.4 Å². The number of thioether (sulfide) groups is 1. The molecular formula is C16H22N4OS2. The van der Waals surface area contributed by atoms with E-state index in [0.717, 1.165) is 30.1 Å². The van der Waals surface area contributed by atoms with Gasteiger partial charge in [0, 0.05) is 12.6 Å². The highest BCUT2D eigenvalue weighted by Gasteiger charge is 2.24. The second-order valence-electron chi connectivity index (χ2n) is 5.70. The SMILES string of the molecule is CCN(C(=O)CSc1n[nH]c(-c2cccs2)n1)C1CCCCC1. The molecule has 0 bridgehead atoms. The smallest absolute Gasteiger partial charge is 0.233 e. The molecule has 0 unspecified atom stereocenters. The minimum Gasteiger partial charge on any atom is -0.339 e. The zero-order chi connectivity index (χ0) is 16.1. The predicted molar refractivity (Wildman–Crippen MR) is 94.7 cm³/mol. The van der Waals surface area contributed by atoms with Crippen LogP contribution in [0.1, 0.15) is 39.0 Å². The summed E-state index contributed by atoms with van der Waals surface area (Å²) in [6, 6.07) is 4.42. The molecule has 7 heteroatoms. The normalized spacial score (nSPS) is 15.7. The third-order valence-corrected chi connectivity index (χ3v) is 5.93. The van der Waals surface area contributed by atoms with Crippen molar-refractivity contribution in [3.63, 3.8) is 0 Å². The summed E-state index contributed by atoms with van der Waals surface area (Å²) in [6.07, 6.45) is 6.08. The van der Waals surface area contributed by atoms with Gasteiger partial charge in [-0.25, -0.2) is 4.98 Å². The Labute approximate surface area is 144 Å². The van der Waals surface area contributed by atoms with Crippen LogP contribution in [0.15, 0.2) is 22.7 Å². The minimum atomic E-state index is 0.201. The van der Waals surface area contributed by atoms with Crippen LogP contribution in [0.3, 0.4) is 0 Å². The van der Waals surface area contributed by atoms with Crippen molar-refractivity contribution >= 4 is 29.0 Å². The Morgan fingerprint density at radius 2 is 2.26 bits per heavy atom. The molecule has 23 heavy (non-hydrogen) atoms. The van der Waals surface area contributed by atoms with Crippen LogP contribution in [0.5, 0.6) is 0 Å². The minimum absolute atomic E-state index is 0.201. The van der Waals surface area contributed by atoms with E-state index in [9.17, 15) is 4.79 Å². The number of nitrogens with one attached hydrogen (secondary N) is 1. The number of carbonyl (C=O) groups is 1. The molecule has 2 aromatic heterocycles. The number of hydrogen-bond donors (Lipinski definition) is 1. The van der Waals surface area contributed by atoms with E-state index >= 15 is 0 Å². The molecule has 0 spiro atoms. The van der Waals surface area contributed by atoms with E-state index in [1.54, 1.807) is 11.3 Å². The van der Waals surface area contributed by atoms with E-state index in [1.165, 1.54) is 31.0 Å². The Kier molecular flexibility index (Phi) is 5.72. The summed E-state index contributed by atoms with van der Waals surface area (Å²) in [6.45, 7) is 2.86. The summed E-state index contributed by atoms with van der Waals surface area (Å²) in [4.78, 5) is 20.1. The van der Waals surface area contributed by atoms with Crippen molar-refractivity contribution in [1.82, 2.24) is 20.1 Å². The highest BCUT2D eigenvalue weighted by atomic mass is 32.2. The molecule has 5 nitrogen and oxygen atoms in total. The molecule has 1 aliphatic carbocycles. The number of thiophene rings is 1. The third kappa shape index (κ3) is 4.14. The number of hydrogen-bond acceptors (Lipinski definition) is 5. The fourth-order valence-corrected chi connectivity index (χ4v) is 4.42. The van der Waals surface area contributed by atoms with Gasteiger partial charge in [0.25, 0.3) is 0 Å². The van der Waals surface area contributed by atoms with Crippen LogP contribution < -0.4 is 0 Å². The number of carbonyl (C=O) groups excluding carboxylic acids is 1. The second-order valence-corrected chi connectivity index (χ2v) is 7.59. The van der Waals surface area contributed by atoms with E-state index in [0.29, 0.717) is 17.0 Å². The molecule has 1 N–H and O–H groups in total. The van der Waals surface area contributed by atoms with Crippen molar-refractivity contribution in [2.24, 2.45) is 0 Å². The lowest BCUT2D eigenvalue weighted by Gasteiger charge is -2.33. The molecule has 0 aromatic carbocycles. The topological polar surface area (TPSA) is 61.9 Å². The van der Waals surface area contributed by atoms with E-state index in [2.05, 4.69) is 22.1 Å². The van der Waals surface area contributed by atoms with Crippen LogP contribution in [-0.2, 0) is 4.79 Å². The zero-order valence-corrected chi connectivity index (χ0v) is 15.0. The Balaban J connectivity index is 1.55. The van der Waals surface area contributed by atoms with Crippen LogP contribution in [0.4, 0.5) is 0 Å². The molecule has 124 valence electrons. The molecule has 2 heterocycles. The molecule has 0 atom stereocenters. The van der Waals surface area contributed by atoms with Crippen molar-refractivity contribution < 1.29 is 4.79 Å². The van der Waals surface area contributed by atoms with Crippen molar-refractivity contribution in [1.29, 1.82) is 0 Å². The number of H-pyrrole nitrogens is 1. The average Bonchev–Trinajstić information content (AvgIpc) is 3.26. The lowest BCUT2D eigenvalue weighted by atomic mass is 9.94. The van der Waals surface area contributed by atoms with Gasteiger partial charge < -0.3 is 4.90 Å². The first-order valence-electron chi connectivity index (χ1n) is 8.16. The predicted octanol–water partition coefficient (Wildman–Crippen LogP) is 3.81. The molecule has 1 saturated carbocycles. The number of amides is 1. The van der Waals surface area contributed by atoms with Gasteiger partial charge in [0.1, 0.15) is 0 Å².